The lowest BCUT2D eigenvalue weighted by Gasteiger charge is -2.40. The molecule has 1 N–H and O–H groups in total. The normalized spacial score (nSPS) is 20.6. The monoisotopic (exact) mass is 1680 g/mol. The molecular formula is C105H178O15. The Morgan fingerprint density at radius 3 is 1.07 bits per heavy atom. The van der Waals surface area contributed by atoms with E-state index in [1.807, 2.05) is 66.7 Å². The van der Waals surface area contributed by atoms with Crippen LogP contribution in [0.3, 0.4) is 0 Å². The van der Waals surface area contributed by atoms with Gasteiger partial charge in [-0.05, 0) is 109 Å². The summed E-state index contributed by atoms with van der Waals surface area (Å²) in [5.74, 6) is 2.47. The van der Waals surface area contributed by atoms with Crippen molar-refractivity contribution in [3.8, 4) is 5.75 Å². The topological polar surface area (TPSA) is 163 Å². The number of rotatable bonds is 53. The summed E-state index contributed by atoms with van der Waals surface area (Å²) >= 11 is 0. The second-order valence-corrected chi connectivity index (χ2v) is 37.1. The lowest BCUT2D eigenvalue weighted by atomic mass is 9.84. The Hall–Kier alpha value is -3.88. The maximum atomic E-state index is 8.76. The van der Waals surface area contributed by atoms with Gasteiger partial charge >= 0.3 is 0 Å². The Labute approximate surface area is 734 Å². The molecule has 0 amide bonds. The van der Waals surface area contributed by atoms with Crippen LogP contribution in [0.2, 0.25) is 0 Å². The third-order valence-electron chi connectivity index (χ3n) is 25.1. The maximum absolute atomic E-state index is 8.76. The van der Waals surface area contributed by atoms with Crippen LogP contribution in [0.5, 0.6) is 5.75 Å². The van der Waals surface area contributed by atoms with Crippen molar-refractivity contribution < 1.29 is 71.4 Å². The smallest absolute Gasteiger partial charge is 0.119 e. The number of aliphatic hydroxyl groups is 1. The fourth-order valence-corrected chi connectivity index (χ4v) is 14.2. The SMILES string of the molecule is CC(C)(C)c1ccc(C2CO2)cc1.CCC1(CO)COC1.CCC1(COCc2ccccc2)COC1.CCC1(COc2ccccc2)COC1.CCCCC(CC)COCC1(CC)COC1.CCCCC(CC)COCC1CCO1.CCCCCCCCC1CO1.CCCCCCCCCCCCCCC1CO1.c1ccc(COCC2CO2)cc1. The Bertz CT molecular complexity index is 2900. The summed E-state index contributed by atoms with van der Waals surface area (Å²) in [7, 11) is 0. The van der Waals surface area contributed by atoms with Crippen LogP contribution in [0.25, 0.3) is 0 Å². The summed E-state index contributed by atoms with van der Waals surface area (Å²) in [4.78, 5) is 0. The summed E-state index contributed by atoms with van der Waals surface area (Å²) in [5, 5.41) is 8.76. The molecule has 9 fully saturated rings. The predicted molar refractivity (Wildman–Crippen MR) is 495 cm³/mol. The lowest BCUT2D eigenvalue weighted by molar-refractivity contribution is -0.152. The fourth-order valence-electron chi connectivity index (χ4n) is 14.2. The zero-order chi connectivity index (χ0) is 86.4. The molecule has 9 heterocycles. The van der Waals surface area contributed by atoms with Crippen LogP contribution in [0.4, 0.5) is 0 Å². The van der Waals surface area contributed by atoms with E-state index in [0.29, 0.717) is 54.6 Å². The molecule has 120 heavy (non-hydrogen) atoms. The first-order valence-electron chi connectivity index (χ1n) is 48.7. The second kappa shape index (κ2) is 65.6. The number of epoxide rings is 4. The highest BCUT2D eigenvalue weighted by molar-refractivity contribution is 5.30. The quantitative estimate of drug-likeness (QED) is 0.0328. The summed E-state index contributed by atoms with van der Waals surface area (Å²) in [6.45, 7) is 48.0. The number of para-hydroxylation sites is 1. The number of hydrogen-bond donors (Lipinski definition) is 1. The van der Waals surface area contributed by atoms with Crippen LogP contribution in [-0.2, 0) is 80.2 Å². The van der Waals surface area contributed by atoms with E-state index in [4.69, 9.17) is 71.4 Å². The van der Waals surface area contributed by atoms with Gasteiger partial charge in [0.2, 0.25) is 0 Å². The van der Waals surface area contributed by atoms with E-state index in [0.717, 1.165) is 169 Å². The first-order valence-corrected chi connectivity index (χ1v) is 48.7. The van der Waals surface area contributed by atoms with Gasteiger partial charge in [-0.25, -0.2) is 0 Å². The molecule has 4 aromatic rings. The summed E-state index contributed by atoms with van der Waals surface area (Å²) in [6, 6.07) is 39.2. The van der Waals surface area contributed by atoms with Crippen LogP contribution in [0.1, 0.15) is 330 Å². The summed E-state index contributed by atoms with van der Waals surface area (Å²) in [5.41, 5.74) is 6.48. The summed E-state index contributed by atoms with van der Waals surface area (Å²) < 4.78 is 75.1. The van der Waals surface area contributed by atoms with Gasteiger partial charge in [-0.3, -0.25) is 0 Å². The van der Waals surface area contributed by atoms with Crippen LogP contribution < -0.4 is 4.74 Å². The van der Waals surface area contributed by atoms with Crippen molar-refractivity contribution in [2.24, 2.45) is 33.5 Å². The maximum Gasteiger partial charge on any atom is 0.119 e. The minimum Gasteiger partial charge on any atom is -0.493 e. The molecule has 9 aliphatic rings. The first kappa shape index (κ1) is 107. The van der Waals surface area contributed by atoms with Gasteiger partial charge in [-0.15, -0.1) is 0 Å². The third kappa shape index (κ3) is 49.9. The standard InChI is InChI=1S/C16H32O.C14H28O2.C13H18O2.C12H16O2.C12H24O2.C12H16O.C10H12O2.C10H20O.C6H12O2/c1-2-3-4-5-6-7-8-9-10-11-12-13-14-16-15-17-16;1-4-7-8-13(5-2)9-15-10-14(6-3)11-16-12-14;1-2-13(10-15-11-13)9-14-8-12-6-4-3-5-7-12;1-2-12(8-13-9-12)10-14-11-6-4-3-5-7-11;1-3-5-6-11(4-2)9-13-10-12-7-8-14-12;1-12(2,3)10-6-4-9(5-7-10)11-8-13-11;1-2-4-9(5-3-1)6-11-7-10-8-12-10;1-2-3-4-5-6-7-8-10-9-11-10;1-2-6(3-7)4-8-5-6/h16H,2-15H2,1H3;13H,4-12H2,1-3H3;3-7H,2,8-11H2,1H3;3-7H,2,8-10H2,1H3;11-12H,3-10H2,1-2H3;4-7,11H,8H2,1-3H3;1-5,10H,6-8H2;10H,2-9H2,1H3;7H,2-5H2,1H3. The molecule has 15 heteroatoms. The number of ether oxygens (including phenoxy) is 14. The zero-order valence-corrected chi connectivity index (χ0v) is 78.8. The van der Waals surface area contributed by atoms with Crippen molar-refractivity contribution in [3.05, 3.63) is 138 Å². The minimum atomic E-state index is 0.139. The molecule has 0 radical (unpaired) electrons. The molecule has 15 nitrogen and oxygen atoms in total. The molecule has 0 spiro atoms. The molecule has 0 aliphatic carbocycles. The highest BCUT2D eigenvalue weighted by Crippen LogP contribution is 2.36. The average molecular weight is 1680 g/mol. The van der Waals surface area contributed by atoms with E-state index in [-0.39, 0.29) is 22.9 Å². The lowest BCUT2D eigenvalue weighted by Crippen LogP contribution is -2.46. The van der Waals surface area contributed by atoms with E-state index >= 15 is 0 Å². The van der Waals surface area contributed by atoms with Gasteiger partial charge in [0.05, 0.1) is 156 Å². The molecule has 688 valence electrons. The second-order valence-electron chi connectivity index (χ2n) is 37.1. The van der Waals surface area contributed by atoms with Gasteiger partial charge in [0.1, 0.15) is 18.0 Å². The molecule has 7 atom stereocenters. The molecule has 9 aliphatic heterocycles. The van der Waals surface area contributed by atoms with Crippen LogP contribution in [-0.4, -0.2) is 168 Å². The van der Waals surface area contributed by atoms with Crippen molar-refractivity contribution in [1.29, 1.82) is 0 Å². The molecule has 4 aromatic carbocycles. The van der Waals surface area contributed by atoms with Crippen LogP contribution in [0, 0.1) is 33.5 Å². The Morgan fingerprint density at radius 2 is 0.742 bits per heavy atom. The van der Waals surface area contributed by atoms with Gasteiger partial charge in [-0.1, -0.05) is 347 Å². The van der Waals surface area contributed by atoms with Crippen molar-refractivity contribution in [2.75, 3.05) is 139 Å². The van der Waals surface area contributed by atoms with E-state index in [1.54, 1.807) is 0 Å². The van der Waals surface area contributed by atoms with Gasteiger partial charge in [-0.2, -0.15) is 0 Å². The van der Waals surface area contributed by atoms with Crippen molar-refractivity contribution in [1.82, 2.24) is 0 Å². The van der Waals surface area contributed by atoms with Gasteiger partial charge in [0, 0.05) is 36.1 Å². The van der Waals surface area contributed by atoms with Gasteiger partial charge < -0.3 is 71.4 Å². The highest BCUT2D eigenvalue weighted by atomic mass is 16.6. The van der Waals surface area contributed by atoms with Crippen LogP contribution in [0.15, 0.2) is 115 Å². The van der Waals surface area contributed by atoms with E-state index < -0.39 is 0 Å². The van der Waals surface area contributed by atoms with Crippen molar-refractivity contribution in [3.63, 3.8) is 0 Å². The van der Waals surface area contributed by atoms with E-state index in [1.165, 1.54) is 215 Å². The first-order chi connectivity index (χ1) is 58.5. The average Bonchev–Trinajstić information content (AvgIpc) is 1.65. The Balaban J connectivity index is 0.000000241. The number of unbranched alkanes of at least 4 members (excludes halogenated alkanes) is 18. The Morgan fingerprint density at radius 1 is 0.375 bits per heavy atom. The number of hydrogen-bond acceptors (Lipinski definition) is 15. The number of benzene rings is 4. The number of aliphatic hydroxyl groups excluding tert-OH is 1. The predicted octanol–water partition coefficient (Wildman–Crippen LogP) is 25.5. The molecule has 9 saturated heterocycles. The van der Waals surface area contributed by atoms with Crippen molar-refractivity contribution >= 4 is 0 Å². The zero-order valence-electron chi connectivity index (χ0n) is 78.8. The summed E-state index contributed by atoms with van der Waals surface area (Å²) in [6.07, 6.45) is 46.9. The molecule has 0 saturated carbocycles. The van der Waals surface area contributed by atoms with Crippen molar-refractivity contribution in [2.45, 2.75) is 351 Å². The molecular weight excluding hydrogens is 1500 g/mol. The molecule has 0 bridgehead atoms. The molecule has 13 rings (SSSR count). The Kier molecular flexibility index (Phi) is 58.3. The fraction of sp³-hybridized carbons (Fsp3) is 0.771. The van der Waals surface area contributed by atoms with E-state index in [2.05, 4.69) is 139 Å². The molecule has 7 unspecified atom stereocenters. The molecule has 0 aromatic heterocycles. The third-order valence-corrected chi connectivity index (χ3v) is 25.1. The largest absolute Gasteiger partial charge is 0.493 e. The minimum absolute atomic E-state index is 0.139. The highest BCUT2D eigenvalue weighted by Gasteiger charge is 2.40. The van der Waals surface area contributed by atoms with E-state index in [9.17, 15) is 0 Å². The van der Waals surface area contributed by atoms with Crippen LogP contribution >= 0.6 is 0 Å². The van der Waals surface area contributed by atoms with Gasteiger partial charge in [0.25, 0.3) is 0 Å². The van der Waals surface area contributed by atoms with Gasteiger partial charge in [0.15, 0.2) is 0 Å².